The average Bonchev–Trinajstić information content (AvgIpc) is 2.48. The Hall–Kier alpha value is -1.17. The standard InChI is InChI=1S/C15H29ClN2O4/c1-13(2)12-22-15(20)18-10-7-11-21-14(19)17-9-6-4-3-5-8-16/h13H,3-12H2,1-2H3,(H,17,19)(H,18,20). The Balaban J connectivity index is 3.32. The number of ether oxygens (including phenoxy) is 2. The fraction of sp³-hybridized carbons (Fsp3) is 0.867. The molecule has 0 radical (unpaired) electrons. The maximum atomic E-state index is 11.3. The Bertz CT molecular complexity index is 301. The van der Waals surface area contributed by atoms with E-state index in [0.717, 1.165) is 25.7 Å². The molecule has 2 amide bonds. The minimum absolute atomic E-state index is 0.266. The van der Waals surface area contributed by atoms with Crippen LogP contribution in [0, 0.1) is 5.92 Å². The fourth-order valence-corrected chi connectivity index (χ4v) is 1.72. The van der Waals surface area contributed by atoms with Gasteiger partial charge in [0.2, 0.25) is 0 Å². The molecule has 2 N–H and O–H groups in total. The molecule has 130 valence electrons. The summed E-state index contributed by atoms with van der Waals surface area (Å²) in [7, 11) is 0. The van der Waals surface area contributed by atoms with Crippen LogP contribution in [0.25, 0.3) is 0 Å². The first-order valence-electron chi connectivity index (χ1n) is 7.93. The van der Waals surface area contributed by atoms with Crippen LogP contribution >= 0.6 is 11.6 Å². The topological polar surface area (TPSA) is 76.7 Å². The highest BCUT2D eigenvalue weighted by Gasteiger charge is 2.04. The van der Waals surface area contributed by atoms with Crippen LogP contribution in [0.3, 0.4) is 0 Å². The van der Waals surface area contributed by atoms with Crippen molar-refractivity contribution in [2.45, 2.75) is 46.0 Å². The molecule has 0 saturated carbocycles. The van der Waals surface area contributed by atoms with Crippen molar-refractivity contribution in [3.63, 3.8) is 0 Å². The first kappa shape index (κ1) is 20.8. The van der Waals surface area contributed by atoms with Crippen LogP contribution in [-0.2, 0) is 9.47 Å². The lowest BCUT2D eigenvalue weighted by Crippen LogP contribution is -2.29. The molecule has 0 atom stereocenters. The molecule has 0 aromatic carbocycles. The van der Waals surface area contributed by atoms with Gasteiger partial charge >= 0.3 is 12.2 Å². The summed E-state index contributed by atoms with van der Waals surface area (Å²) in [6, 6.07) is 0. The number of unbranched alkanes of at least 4 members (excludes halogenated alkanes) is 3. The molecule has 0 aliphatic heterocycles. The highest BCUT2D eigenvalue weighted by atomic mass is 35.5. The van der Waals surface area contributed by atoms with Crippen molar-refractivity contribution in [3.05, 3.63) is 0 Å². The summed E-state index contributed by atoms with van der Waals surface area (Å²) in [6.45, 7) is 5.64. The van der Waals surface area contributed by atoms with E-state index >= 15 is 0 Å². The van der Waals surface area contributed by atoms with E-state index < -0.39 is 12.2 Å². The Labute approximate surface area is 138 Å². The van der Waals surface area contributed by atoms with E-state index in [9.17, 15) is 9.59 Å². The van der Waals surface area contributed by atoms with Crippen LogP contribution in [-0.4, -0.2) is 44.4 Å². The number of carbonyl (C=O) groups is 2. The van der Waals surface area contributed by atoms with Gasteiger partial charge in [-0.1, -0.05) is 26.7 Å². The summed E-state index contributed by atoms with van der Waals surface area (Å²) >= 11 is 5.57. The van der Waals surface area contributed by atoms with Crippen LogP contribution in [0.1, 0.15) is 46.0 Å². The predicted octanol–water partition coefficient (Wildman–Crippen LogP) is 3.28. The zero-order valence-electron chi connectivity index (χ0n) is 13.7. The number of rotatable bonds is 12. The van der Waals surface area contributed by atoms with E-state index in [1.54, 1.807) is 0 Å². The van der Waals surface area contributed by atoms with Gasteiger partial charge in [0.1, 0.15) is 0 Å². The maximum absolute atomic E-state index is 11.3. The summed E-state index contributed by atoms with van der Waals surface area (Å²) in [5.41, 5.74) is 0. The summed E-state index contributed by atoms with van der Waals surface area (Å²) in [5.74, 6) is 1.00. The van der Waals surface area contributed by atoms with Crippen LogP contribution in [0.2, 0.25) is 0 Å². The molecule has 0 aliphatic carbocycles. The summed E-state index contributed by atoms with van der Waals surface area (Å²) in [4.78, 5) is 22.6. The molecule has 0 saturated heterocycles. The number of amides is 2. The molecule has 0 aliphatic rings. The molecule has 22 heavy (non-hydrogen) atoms. The number of hydrogen-bond acceptors (Lipinski definition) is 4. The molecule has 0 fully saturated rings. The number of carbonyl (C=O) groups excluding carboxylic acids is 2. The number of hydrogen-bond donors (Lipinski definition) is 2. The minimum Gasteiger partial charge on any atom is -0.449 e. The average molecular weight is 337 g/mol. The lowest BCUT2D eigenvalue weighted by atomic mass is 10.2. The molecule has 0 unspecified atom stereocenters. The molecule has 0 bridgehead atoms. The highest BCUT2D eigenvalue weighted by Crippen LogP contribution is 2.00. The van der Waals surface area contributed by atoms with Gasteiger partial charge in [-0.25, -0.2) is 9.59 Å². The smallest absolute Gasteiger partial charge is 0.407 e. The quantitative estimate of drug-likeness (QED) is 0.423. The van der Waals surface area contributed by atoms with Crippen LogP contribution in [0.5, 0.6) is 0 Å². The van der Waals surface area contributed by atoms with E-state index in [1.165, 1.54) is 0 Å². The van der Waals surface area contributed by atoms with Gasteiger partial charge in [0.15, 0.2) is 0 Å². The van der Waals surface area contributed by atoms with Gasteiger partial charge in [0.25, 0.3) is 0 Å². The summed E-state index contributed by atoms with van der Waals surface area (Å²) < 4.78 is 9.93. The van der Waals surface area contributed by atoms with E-state index in [0.29, 0.717) is 37.9 Å². The molecular weight excluding hydrogens is 308 g/mol. The third-order valence-corrected chi connectivity index (χ3v) is 2.97. The van der Waals surface area contributed by atoms with Crippen molar-refractivity contribution in [2.24, 2.45) is 5.92 Å². The molecule has 0 aromatic heterocycles. The first-order valence-corrected chi connectivity index (χ1v) is 8.47. The second-order valence-corrected chi connectivity index (χ2v) is 5.82. The summed E-state index contributed by atoms with van der Waals surface area (Å²) in [5, 5.41) is 5.29. The van der Waals surface area contributed by atoms with Crippen LogP contribution in [0.15, 0.2) is 0 Å². The third-order valence-electron chi connectivity index (χ3n) is 2.70. The van der Waals surface area contributed by atoms with Crippen molar-refractivity contribution >= 4 is 23.8 Å². The number of nitrogens with one attached hydrogen (secondary N) is 2. The van der Waals surface area contributed by atoms with Crippen LogP contribution in [0.4, 0.5) is 9.59 Å². The largest absolute Gasteiger partial charge is 0.449 e. The molecular formula is C15H29ClN2O4. The Morgan fingerprint density at radius 3 is 2.14 bits per heavy atom. The van der Waals surface area contributed by atoms with E-state index in [4.69, 9.17) is 21.1 Å². The predicted molar refractivity (Wildman–Crippen MR) is 87.3 cm³/mol. The van der Waals surface area contributed by atoms with E-state index in [-0.39, 0.29) is 6.61 Å². The molecule has 0 rings (SSSR count). The van der Waals surface area contributed by atoms with Gasteiger partial charge in [0.05, 0.1) is 13.2 Å². The summed E-state index contributed by atoms with van der Waals surface area (Å²) in [6.07, 6.45) is 3.77. The Morgan fingerprint density at radius 1 is 0.909 bits per heavy atom. The zero-order valence-corrected chi connectivity index (χ0v) is 14.4. The van der Waals surface area contributed by atoms with Gasteiger partial charge in [-0.3, -0.25) is 0 Å². The number of halogens is 1. The van der Waals surface area contributed by atoms with Gasteiger partial charge in [-0.2, -0.15) is 0 Å². The Kier molecular flexibility index (Phi) is 14.0. The minimum atomic E-state index is -0.435. The SMILES string of the molecule is CC(C)COC(=O)NCCCOC(=O)NCCCCCCCl. The van der Waals surface area contributed by atoms with Crippen molar-refractivity contribution in [3.8, 4) is 0 Å². The van der Waals surface area contributed by atoms with Crippen molar-refractivity contribution in [2.75, 3.05) is 32.2 Å². The Morgan fingerprint density at radius 2 is 1.50 bits per heavy atom. The number of alkyl halides is 1. The van der Waals surface area contributed by atoms with Crippen molar-refractivity contribution < 1.29 is 19.1 Å². The molecule has 0 spiro atoms. The molecule has 6 nitrogen and oxygen atoms in total. The van der Waals surface area contributed by atoms with E-state index in [1.807, 2.05) is 13.8 Å². The third kappa shape index (κ3) is 15.2. The lowest BCUT2D eigenvalue weighted by molar-refractivity contribution is 0.130. The van der Waals surface area contributed by atoms with E-state index in [2.05, 4.69) is 10.6 Å². The van der Waals surface area contributed by atoms with Gasteiger partial charge < -0.3 is 20.1 Å². The monoisotopic (exact) mass is 336 g/mol. The number of alkyl carbamates (subject to hydrolysis) is 2. The second-order valence-electron chi connectivity index (χ2n) is 5.44. The molecule has 0 aromatic rings. The first-order chi connectivity index (χ1) is 10.6. The normalized spacial score (nSPS) is 10.4. The van der Waals surface area contributed by atoms with Crippen molar-refractivity contribution in [1.29, 1.82) is 0 Å². The lowest BCUT2D eigenvalue weighted by Gasteiger charge is -2.09. The van der Waals surface area contributed by atoms with Gasteiger partial charge in [-0.05, 0) is 25.2 Å². The fourth-order valence-electron chi connectivity index (χ4n) is 1.54. The molecule has 7 heteroatoms. The van der Waals surface area contributed by atoms with Crippen LogP contribution < -0.4 is 10.6 Å². The molecule has 0 heterocycles. The van der Waals surface area contributed by atoms with Gasteiger partial charge in [0, 0.05) is 19.0 Å². The second kappa shape index (κ2) is 14.8. The maximum Gasteiger partial charge on any atom is 0.407 e. The van der Waals surface area contributed by atoms with Crippen molar-refractivity contribution in [1.82, 2.24) is 10.6 Å². The highest BCUT2D eigenvalue weighted by molar-refractivity contribution is 6.17. The zero-order chi connectivity index (χ0) is 16.6. The van der Waals surface area contributed by atoms with Gasteiger partial charge in [-0.15, -0.1) is 11.6 Å².